The Hall–Kier alpha value is -1.90. The van der Waals surface area contributed by atoms with Crippen molar-refractivity contribution in [1.82, 2.24) is 0 Å². The number of benzene rings is 2. The first kappa shape index (κ1) is 20.4. The summed E-state index contributed by atoms with van der Waals surface area (Å²) in [4.78, 5) is 13.3. The lowest BCUT2D eigenvalue weighted by atomic mass is 10.3. The van der Waals surface area contributed by atoms with Crippen molar-refractivity contribution in [2.45, 2.75) is 4.90 Å². The van der Waals surface area contributed by atoms with E-state index in [0.717, 1.165) is 15.5 Å². The quantitative estimate of drug-likeness (QED) is 0.702. The number of rotatable bonds is 7. The van der Waals surface area contributed by atoms with E-state index >= 15 is 0 Å². The predicted octanol–water partition coefficient (Wildman–Crippen LogP) is 3.48. The number of sulfonamides is 1. The van der Waals surface area contributed by atoms with Crippen LogP contribution in [0.2, 0.25) is 5.02 Å². The highest BCUT2D eigenvalue weighted by Gasteiger charge is 2.22. The molecule has 0 unspecified atom stereocenters. The molecule has 9 heteroatoms. The minimum atomic E-state index is -3.69. The number of halogens is 1. The van der Waals surface area contributed by atoms with E-state index in [1.165, 1.54) is 31.0 Å². The Morgan fingerprint density at radius 3 is 2.54 bits per heavy atom. The number of anilines is 2. The van der Waals surface area contributed by atoms with Gasteiger partial charge in [-0.1, -0.05) is 23.7 Å². The van der Waals surface area contributed by atoms with Gasteiger partial charge in [-0.2, -0.15) is 0 Å². The number of amides is 1. The van der Waals surface area contributed by atoms with E-state index in [1.807, 2.05) is 18.4 Å². The van der Waals surface area contributed by atoms with Gasteiger partial charge in [-0.3, -0.25) is 9.10 Å². The van der Waals surface area contributed by atoms with Crippen LogP contribution in [0.1, 0.15) is 0 Å². The van der Waals surface area contributed by atoms with Gasteiger partial charge in [-0.25, -0.2) is 8.42 Å². The summed E-state index contributed by atoms with van der Waals surface area (Å²) in [7, 11) is -2.23. The van der Waals surface area contributed by atoms with Gasteiger partial charge in [0.1, 0.15) is 12.3 Å². The lowest BCUT2D eigenvalue weighted by Gasteiger charge is -2.22. The third kappa shape index (κ3) is 5.06. The van der Waals surface area contributed by atoms with Gasteiger partial charge >= 0.3 is 0 Å². The smallest absolute Gasteiger partial charge is 0.245 e. The number of nitrogens with one attached hydrogen (secondary N) is 1. The number of thioether (sulfide) groups is 1. The first-order chi connectivity index (χ1) is 12.3. The van der Waals surface area contributed by atoms with E-state index in [9.17, 15) is 13.2 Å². The van der Waals surface area contributed by atoms with E-state index in [0.29, 0.717) is 11.4 Å². The zero-order chi connectivity index (χ0) is 19.3. The molecular weight excluding hydrogens is 396 g/mol. The highest BCUT2D eigenvalue weighted by atomic mass is 35.5. The van der Waals surface area contributed by atoms with Crippen LogP contribution in [-0.2, 0) is 14.8 Å². The van der Waals surface area contributed by atoms with Crippen LogP contribution in [0, 0.1) is 0 Å². The predicted molar refractivity (Wildman–Crippen MR) is 107 cm³/mol. The highest BCUT2D eigenvalue weighted by Crippen LogP contribution is 2.30. The van der Waals surface area contributed by atoms with Crippen molar-refractivity contribution in [3.05, 3.63) is 47.5 Å². The maximum Gasteiger partial charge on any atom is 0.245 e. The first-order valence-corrected chi connectivity index (χ1v) is 11.0. The van der Waals surface area contributed by atoms with E-state index in [1.54, 1.807) is 18.2 Å². The highest BCUT2D eigenvalue weighted by molar-refractivity contribution is 7.98. The molecule has 0 saturated carbocycles. The number of hydrogen-bond acceptors (Lipinski definition) is 5. The molecule has 26 heavy (non-hydrogen) atoms. The van der Waals surface area contributed by atoms with Gasteiger partial charge in [0, 0.05) is 4.90 Å². The zero-order valence-electron chi connectivity index (χ0n) is 14.5. The summed E-state index contributed by atoms with van der Waals surface area (Å²) in [6, 6.07) is 11.8. The van der Waals surface area contributed by atoms with Gasteiger partial charge in [0.2, 0.25) is 15.9 Å². The minimum Gasteiger partial charge on any atom is -0.495 e. The minimum absolute atomic E-state index is 0.256. The molecule has 2 aromatic carbocycles. The zero-order valence-corrected chi connectivity index (χ0v) is 16.9. The largest absolute Gasteiger partial charge is 0.495 e. The summed E-state index contributed by atoms with van der Waals surface area (Å²) in [6.45, 7) is -0.371. The van der Waals surface area contributed by atoms with Gasteiger partial charge in [-0.15, -0.1) is 11.8 Å². The molecule has 0 radical (unpaired) electrons. The van der Waals surface area contributed by atoms with Crippen molar-refractivity contribution in [2.75, 3.05) is 35.8 Å². The second kappa shape index (κ2) is 8.66. The van der Waals surface area contributed by atoms with Gasteiger partial charge in [0.15, 0.2) is 0 Å². The number of carbonyl (C=O) groups excluding carboxylic acids is 1. The Kier molecular flexibility index (Phi) is 6.80. The summed E-state index contributed by atoms with van der Waals surface area (Å²) >= 11 is 7.57. The number of methoxy groups -OCH3 is 1. The molecule has 1 amide bonds. The summed E-state index contributed by atoms with van der Waals surface area (Å²) in [5.41, 5.74) is 0.915. The Balaban J connectivity index is 2.26. The topological polar surface area (TPSA) is 75.7 Å². The van der Waals surface area contributed by atoms with Crippen molar-refractivity contribution >= 4 is 50.7 Å². The maximum atomic E-state index is 12.4. The van der Waals surface area contributed by atoms with Crippen LogP contribution in [0.15, 0.2) is 47.4 Å². The third-order valence-corrected chi connectivity index (χ3v) is 5.72. The maximum absolute atomic E-state index is 12.4. The van der Waals surface area contributed by atoms with Crippen molar-refractivity contribution in [1.29, 1.82) is 0 Å². The fourth-order valence-electron chi connectivity index (χ4n) is 2.28. The molecule has 2 aromatic rings. The first-order valence-electron chi connectivity index (χ1n) is 7.50. The molecule has 0 heterocycles. The molecule has 0 aliphatic carbocycles. The Labute approximate surface area is 162 Å². The lowest BCUT2D eigenvalue weighted by molar-refractivity contribution is -0.114. The second-order valence-electron chi connectivity index (χ2n) is 5.34. The van der Waals surface area contributed by atoms with Crippen molar-refractivity contribution in [2.24, 2.45) is 0 Å². The van der Waals surface area contributed by atoms with Crippen LogP contribution in [0.4, 0.5) is 11.4 Å². The molecule has 140 valence electrons. The number of nitrogens with zero attached hydrogens (tertiary/aromatic N) is 1. The fourth-order valence-corrected chi connectivity index (χ4v) is 3.93. The molecule has 0 bridgehead atoms. The Morgan fingerprint density at radius 2 is 1.96 bits per heavy atom. The van der Waals surface area contributed by atoms with Crippen LogP contribution in [0.3, 0.4) is 0 Å². The van der Waals surface area contributed by atoms with Crippen molar-refractivity contribution in [3.8, 4) is 5.75 Å². The SMILES string of the molecule is COc1ccc(N(CC(=O)Nc2ccccc2SC)S(C)(=O)=O)cc1Cl. The monoisotopic (exact) mass is 414 g/mol. The molecule has 0 atom stereocenters. The number of ether oxygens (including phenoxy) is 1. The van der Waals surface area contributed by atoms with E-state index < -0.39 is 15.9 Å². The number of hydrogen-bond donors (Lipinski definition) is 1. The summed E-state index contributed by atoms with van der Waals surface area (Å²) in [5, 5.41) is 3.00. The van der Waals surface area contributed by atoms with Crippen LogP contribution in [0.25, 0.3) is 0 Å². The second-order valence-corrected chi connectivity index (χ2v) is 8.50. The van der Waals surface area contributed by atoms with Crippen LogP contribution < -0.4 is 14.4 Å². The van der Waals surface area contributed by atoms with Crippen LogP contribution in [0.5, 0.6) is 5.75 Å². The average molecular weight is 415 g/mol. The molecule has 0 saturated heterocycles. The van der Waals surface area contributed by atoms with Gasteiger partial charge < -0.3 is 10.1 Å². The molecule has 1 N–H and O–H groups in total. The standard InChI is InChI=1S/C17H19ClN2O4S2/c1-24-15-9-8-12(10-13(15)18)20(26(3,22)23)11-17(21)19-14-6-4-5-7-16(14)25-2/h4-10H,11H2,1-3H3,(H,19,21). The normalized spacial score (nSPS) is 11.1. The molecule has 6 nitrogen and oxygen atoms in total. The van der Waals surface area contributed by atoms with Crippen molar-refractivity contribution < 1.29 is 17.9 Å². The lowest BCUT2D eigenvalue weighted by Crippen LogP contribution is -2.37. The van der Waals surface area contributed by atoms with Gasteiger partial charge in [0.05, 0.1) is 29.8 Å². The third-order valence-electron chi connectivity index (χ3n) is 3.49. The van der Waals surface area contributed by atoms with E-state index in [2.05, 4.69) is 5.32 Å². The fraction of sp³-hybridized carbons (Fsp3) is 0.235. The van der Waals surface area contributed by atoms with Gasteiger partial charge in [0.25, 0.3) is 0 Å². The average Bonchev–Trinajstić information content (AvgIpc) is 2.59. The molecule has 0 fully saturated rings. The van der Waals surface area contributed by atoms with Gasteiger partial charge in [-0.05, 0) is 36.6 Å². The molecule has 2 rings (SSSR count). The molecule has 0 aliphatic rings. The molecular formula is C17H19ClN2O4S2. The van der Waals surface area contributed by atoms with Crippen LogP contribution in [-0.4, -0.2) is 40.5 Å². The van der Waals surface area contributed by atoms with Crippen LogP contribution >= 0.6 is 23.4 Å². The Morgan fingerprint density at radius 1 is 1.27 bits per heavy atom. The summed E-state index contributed by atoms with van der Waals surface area (Å²) in [6.07, 6.45) is 2.93. The summed E-state index contributed by atoms with van der Waals surface area (Å²) < 4.78 is 30.4. The van der Waals surface area contributed by atoms with Crippen molar-refractivity contribution in [3.63, 3.8) is 0 Å². The molecule has 0 aromatic heterocycles. The molecule has 0 spiro atoms. The Bertz CT molecular complexity index is 903. The summed E-state index contributed by atoms with van der Waals surface area (Å²) in [5.74, 6) is -0.0360. The number of carbonyl (C=O) groups is 1. The number of para-hydroxylation sites is 1. The van der Waals surface area contributed by atoms with E-state index in [-0.39, 0.29) is 17.3 Å². The van der Waals surface area contributed by atoms with E-state index in [4.69, 9.17) is 16.3 Å². The molecule has 0 aliphatic heterocycles.